The number of carbonyl (C=O) groups is 3. The van der Waals surface area contributed by atoms with Crippen molar-refractivity contribution in [2.24, 2.45) is 17.2 Å². The highest BCUT2D eigenvalue weighted by atomic mass is 32.2. The lowest BCUT2D eigenvalue weighted by molar-refractivity contribution is -0.752. The number of thiocarbonyl (C=S) groups is 1. The fourth-order valence-electron chi connectivity index (χ4n) is 4.66. The van der Waals surface area contributed by atoms with Crippen molar-refractivity contribution < 1.29 is 32.0 Å². The van der Waals surface area contributed by atoms with Gasteiger partial charge in [0.2, 0.25) is 11.8 Å². The Hall–Kier alpha value is -5.15. The monoisotopic (exact) mass is 647 g/mol. The third-order valence-electron chi connectivity index (χ3n) is 7.17. The summed E-state index contributed by atoms with van der Waals surface area (Å²) in [6.45, 7) is 3.59. The Kier molecular flexibility index (Phi) is 8.66. The van der Waals surface area contributed by atoms with Crippen LogP contribution in [-0.2, 0) is 33.2 Å². The molecule has 2 heterocycles. The van der Waals surface area contributed by atoms with Crippen LogP contribution in [0.3, 0.4) is 0 Å². The molecule has 0 aliphatic carbocycles. The number of nitrogens with zero attached hydrogens (tertiary/aromatic N) is 5. The van der Waals surface area contributed by atoms with Gasteiger partial charge in [-0.1, -0.05) is 35.4 Å². The van der Waals surface area contributed by atoms with Crippen LogP contribution in [0.2, 0.25) is 0 Å². The van der Waals surface area contributed by atoms with E-state index in [2.05, 4.69) is 15.0 Å². The van der Waals surface area contributed by atoms with Gasteiger partial charge in [0.25, 0.3) is 27.2 Å². The van der Waals surface area contributed by atoms with Gasteiger partial charge in [0, 0.05) is 11.3 Å². The lowest BCUT2D eigenvalue weighted by Gasteiger charge is -2.22. The van der Waals surface area contributed by atoms with Crippen molar-refractivity contribution in [3.8, 4) is 0 Å². The molecule has 13 nitrogen and oxygen atoms in total. The maximum absolute atomic E-state index is 13.9. The molecular formula is C30H29N7O6S2. The molecule has 0 saturated carbocycles. The smallest absolute Gasteiger partial charge is 0.289 e. The van der Waals surface area contributed by atoms with Crippen molar-refractivity contribution in [3.05, 3.63) is 101 Å². The van der Waals surface area contributed by atoms with Gasteiger partial charge in [-0.25, -0.2) is 4.68 Å². The molecule has 1 aliphatic rings. The van der Waals surface area contributed by atoms with Crippen molar-refractivity contribution in [3.63, 3.8) is 0 Å². The minimum Gasteiger partial charge on any atom is -0.486 e. The van der Waals surface area contributed by atoms with Gasteiger partial charge in [0.1, 0.15) is 19.6 Å². The van der Waals surface area contributed by atoms with Crippen LogP contribution in [0.4, 0.5) is 11.4 Å². The molecule has 3 amide bonds. The normalized spacial score (nSPS) is 15.5. The predicted molar refractivity (Wildman–Crippen MR) is 166 cm³/mol. The number of rotatable bonds is 9. The second-order valence-corrected chi connectivity index (χ2v) is 12.4. The fourth-order valence-corrected chi connectivity index (χ4v) is 5.99. The van der Waals surface area contributed by atoms with E-state index in [1.807, 2.05) is 26.0 Å². The van der Waals surface area contributed by atoms with E-state index in [4.69, 9.17) is 22.5 Å². The Morgan fingerprint density at radius 2 is 1.62 bits per heavy atom. The molecule has 1 aromatic heterocycles. The Bertz CT molecular complexity index is 1970. The average molecular weight is 648 g/mol. The van der Waals surface area contributed by atoms with Crippen molar-refractivity contribution >= 4 is 56.4 Å². The number of hydrogen-bond acceptors (Lipinski definition) is 7. The molecule has 1 saturated heterocycles. The summed E-state index contributed by atoms with van der Waals surface area (Å²) in [6.07, 6.45) is -0.304. The molecule has 1 fully saturated rings. The summed E-state index contributed by atoms with van der Waals surface area (Å²) in [7, 11) is -2.64. The van der Waals surface area contributed by atoms with E-state index in [0.717, 1.165) is 11.1 Å². The lowest BCUT2D eigenvalue weighted by atomic mass is 10.1. The molecule has 0 radical (unpaired) electrons. The predicted octanol–water partition coefficient (Wildman–Crippen LogP) is 1.60. The molecule has 1 aliphatic heterocycles. The van der Waals surface area contributed by atoms with Gasteiger partial charge in [-0.15, -0.1) is 4.40 Å². The molecule has 3 N–H and O–H groups in total. The number of aromatic nitrogens is 2. The van der Waals surface area contributed by atoms with Crippen molar-refractivity contribution in [1.82, 2.24) is 10.2 Å². The van der Waals surface area contributed by atoms with E-state index in [1.165, 1.54) is 57.9 Å². The highest BCUT2D eigenvalue weighted by Crippen LogP contribution is 2.28. The van der Waals surface area contributed by atoms with Crippen molar-refractivity contribution in [2.75, 3.05) is 10.2 Å². The zero-order valence-electron chi connectivity index (χ0n) is 24.5. The SMILES string of the molecule is Cc1ccc(N2C(=O)C(CC(=O)Nc3ccc(C(N)=O)cc3)N(Cc3/c(=N/S(=O)(=O)c4ccc(C)cc4)o[n-][n+]3C)C2=S)cc1. The zero-order chi connectivity index (χ0) is 32.5. The molecule has 0 bridgehead atoms. The van der Waals surface area contributed by atoms with Crippen molar-refractivity contribution in [1.29, 1.82) is 0 Å². The Morgan fingerprint density at radius 1 is 1.02 bits per heavy atom. The molecule has 0 spiro atoms. The van der Waals surface area contributed by atoms with E-state index in [-0.39, 0.29) is 39.8 Å². The number of amides is 3. The van der Waals surface area contributed by atoms with Crippen LogP contribution in [0, 0.1) is 13.8 Å². The van der Waals surface area contributed by atoms with E-state index in [1.54, 1.807) is 24.3 Å². The van der Waals surface area contributed by atoms with Gasteiger partial charge in [0.15, 0.2) is 5.11 Å². The minimum atomic E-state index is -4.17. The fraction of sp³-hybridized carbons (Fsp3) is 0.200. The molecule has 1 atom stereocenters. The van der Waals surface area contributed by atoms with Gasteiger partial charge in [-0.05, 0) is 74.6 Å². The molecule has 15 heteroatoms. The summed E-state index contributed by atoms with van der Waals surface area (Å²) in [6, 6.07) is 18.3. The lowest BCUT2D eigenvalue weighted by Crippen LogP contribution is -2.45. The number of hydrogen-bond donors (Lipinski definition) is 2. The van der Waals surface area contributed by atoms with E-state index < -0.39 is 33.8 Å². The quantitative estimate of drug-likeness (QED) is 0.202. The zero-order valence-corrected chi connectivity index (χ0v) is 26.1. The standard InChI is InChI=1S/C30H29N7O6S2/c1-18-4-12-22(13-5-18)37-29(40)24(16-26(38)32-21-10-8-20(9-11-21)27(31)39)36(30(37)44)17-25-28(43-34-35(25)3)33-45(41,42)23-14-6-19(2)7-15-23/h4-15,24H,16-17H2,1-3H3,(H2,31,39)(H,32,38)/b33-28-. The summed E-state index contributed by atoms with van der Waals surface area (Å²) in [4.78, 5) is 41.3. The highest BCUT2D eigenvalue weighted by molar-refractivity contribution is 7.90. The van der Waals surface area contributed by atoms with E-state index in [0.29, 0.717) is 11.4 Å². The number of carbonyl (C=O) groups excluding carboxylic acids is 3. The minimum absolute atomic E-state index is 0.0334. The summed E-state index contributed by atoms with van der Waals surface area (Å²) in [5.41, 5.74) is 8.24. The number of nitrogens with one attached hydrogen (secondary N) is 1. The van der Waals surface area contributed by atoms with Gasteiger partial charge in [-0.2, -0.15) is 8.42 Å². The molecule has 5 rings (SSSR count). The molecular weight excluding hydrogens is 619 g/mol. The largest absolute Gasteiger partial charge is 0.486 e. The number of nitrogens with two attached hydrogens (primary N) is 1. The Labute approximate surface area is 264 Å². The first-order chi connectivity index (χ1) is 21.3. The van der Waals surface area contributed by atoms with Crippen LogP contribution in [0.1, 0.15) is 33.6 Å². The van der Waals surface area contributed by atoms with E-state index in [9.17, 15) is 22.8 Å². The number of benzene rings is 3. The Morgan fingerprint density at radius 3 is 2.22 bits per heavy atom. The summed E-state index contributed by atoms with van der Waals surface area (Å²) in [5, 5.41) is 6.67. The van der Waals surface area contributed by atoms with E-state index >= 15 is 0 Å². The third kappa shape index (κ3) is 6.68. The maximum atomic E-state index is 13.9. The van der Waals surface area contributed by atoms with Gasteiger partial charge in [-0.3, -0.25) is 24.6 Å². The third-order valence-corrected chi connectivity index (χ3v) is 8.86. The molecule has 3 aromatic carbocycles. The molecule has 4 aromatic rings. The first-order valence-corrected chi connectivity index (χ1v) is 15.5. The second kappa shape index (κ2) is 12.5. The molecule has 1 unspecified atom stereocenters. The first-order valence-electron chi connectivity index (χ1n) is 13.6. The summed E-state index contributed by atoms with van der Waals surface area (Å²) in [5.74, 6) is -1.56. The summed E-state index contributed by atoms with van der Waals surface area (Å²) >= 11 is 5.76. The van der Waals surface area contributed by atoms with Crippen LogP contribution < -0.4 is 31.5 Å². The van der Waals surface area contributed by atoms with Crippen molar-refractivity contribution in [2.45, 2.75) is 37.8 Å². The maximum Gasteiger partial charge on any atom is 0.289 e. The number of anilines is 2. The van der Waals surface area contributed by atoms with Crippen LogP contribution >= 0.6 is 12.2 Å². The number of aryl methyl sites for hydroxylation is 3. The number of sulfonamides is 1. The number of primary amides is 1. The molecule has 232 valence electrons. The van der Waals surface area contributed by atoms with Crippen LogP contribution in [-0.4, -0.2) is 42.2 Å². The second-order valence-electron chi connectivity index (χ2n) is 10.5. The molecule has 45 heavy (non-hydrogen) atoms. The highest BCUT2D eigenvalue weighted by Gasteiger charge is 2.45. The van der Waals surface area contributed by atoms with Crippen LogP contribution in [0.15, 0.2) is 86.6 Å². The topological polar surface area (TPSA) is 173 Å². The van der Waals surface area contributed by atoms with Gasteiger partial charge >= 0.3 is 0 Å². The van der Waals surface area contributed by atoms with Gasteiger partial charge < -0.3 is 20.5 Å². The van der Waals surface area contributed by atoms with Crippen LogP contribution in [0.25, 0.3) is 0 Å². The average Bonchev–Trinajstić information content (AvgIpc) is 3.44. The first kappa shape index (κ1) is 31.3. The van der Waals surface area contributed by atoms with Gasteiger partial charge in [0.05, 0.1) is 17.0 Å². The Balaban J connectivity index is 1.48. The van der Waals surface area contributed by atoms with Crippen LogP contribution in [0.5, 0.6) is 0 Å². The summed E-state index contributed by atoms with van der Waals surface area (Å²) < 4.78 is 36.6.